The Kier molecular flexibility index (Phi) is 5.59. The average molecular weight is 291 g/mol. The summed E-state index contributed by atoms with van der Waals surface area (Å²) in [6, 6.07) is 7.97. The van der Waals surface area contributed by atoms with Crippen molar-refractivity contribution < 1.29 is 9.90 Å². The topological polar surface area (TPSA) is 64.6 Å². The van der Waals surface area contributed by atoms with Gasteiger partial charge >= 0.3 is 6.03 Å². The van der Waals surface area contributed by atoms with Gasteiger partial charge in [-0.15, -0.1) is 0 Å². The smallest absolute Gasteiger partial charge is 0.322 e. The highest BCUT2D eigenvalue weighted by Crippen LogP contribution is 2.20. The van der Waals surface area contributed by atoms with Crippen molar-refractivity contribution in [1.82, 2.24) is 10.2 Å². The van der Waals surface area contributed by atoms with Crippen molar-refractivity contribution in [2.45, 2.75) is 38.8 Å². The molecule has 116 valence electrons. The summed E-state index contributed by atoms with van der Waals surface area (Å²) in [6.45, 7) is 5.83. The first-order valence-electron chi connectivity index (χ1n) is 7.67. The molecular formula is C16H25N3O2. The second-order valence-corrected chi connectivity index (χ2v) is 5.51. The number of carbonyl (C=O) groups excluding carboxylic acids is 1. The zero-order valence-electron chi connectivity index (χ0n) is 12.8. The number of aliphatic hydroxyl groups is 1. The van der Waals surface area contributed by atoms with Crippen LogP contribution < -0.4 is 10.6 Å². The summed E-state index contributed by atoms with van der Waals surface area (Å²) in [7, 11) is 0. The molecular weight excluding hydrogens is 266 g/mol. The molecule has 0 bridgehead atoms. The standard InChI is InChI=1S/C16H25N3O2/c1-3-17-12(2)13-6-4-7-14(10-13)18-16(21)19-9-5-8-15(19)11-20/h4,6-7,10,12,15,17,20H,3,5,8-9,11H2,1-2H3,(H,18,21). The molecule has 5 heteroatoms. The summed E-state index contributed by atoms with van der Waals surface area (Å²) in [5.74, 6) is 0. The summed E-state index contributed by atoms with van der Waals surface area (Å²) in [4.78, 5) is 14.0. The fraction of sp³-hybridized carbons (Fsp3) is 0.562. The lowest BCUT2D eigenvalue weighted by Gasteiger charge is -2.23. The first kappa shape index (κ1) is 15.8. The summed E-state index contributed by atoms with van der Waals surface area (Å²) < 4.78 is 0. The number of hydrogen-bond acceptors (Lipinski definition) is 3. The van der Waals surface area contributed by atoms with E-state index in [1.54, 1.807) is 4.90 Å². The number of rotatable bonds is 5. The Hall–Kier alpha value is -1.59. The minimum absolute atomic E-state index is 0.0327. The van der Waals surface area contributed by atoms with E-state index in [0.717, 1.165) is 30.6 Å². The number of amides is 2. The van der Waals surface area contributed by atoms with Crippen LogP contribution in [-0.4, -0.2) is 41.8 Å². The molecule has 1 fully saturated rings. The largest absolute Gasteiger partial charge is 0.394 e. The second-order valence-electron chi connectivity index (χ2n) is 5.51. The lowest BCUT2D eigenvalue weighted by Crippen LogP contribution is -2.40. The minimum atomic E-state index is -0.125. The Morgan fingerprint density at radius 3 is 3.05 bits per heavy atom. The number of benzene rings is 1. The number of nitrogens with zero attached hydrogens (tertiary/aromatic N) is 1. The summed E-state index contributed by atoms with van der Waals surface area (Å²) >= 11 is 0. The Bertz CT molecular complexity index is 478. The van der Waals surface area contributed by atoms with Gasteiger partial charge in [-0.1, -0.05) is 19.1 Å². The Morgan fingerprint density at radius 2 is 2.33 bits per heavy atom. The average Bonchev–Trinajstić information content (AvgIpc) is 2.96. The molecule has 0 aromatic heterocycles. The predicted molar refractivity (Wildman–Crippen MR) is 84.4 cm³/mol. The molecule has 1 aromatic carbocycles. The maximum Gasteiger partial charge on any atom is 0.322 e. The van der Waals surface area contributed by atoms with E-state index in [1.165, 1.54) is 0 Å². The summed E-state index contributed by atoms with van der Waals surface area (Å²) in [5, 5.41) is 15.6. The van der Waals surface area contributed by atoms with Crippen LogP contribution in [0.5, 0.6) is 0 Å². The highest BCUT2D eigenvalue weighted by molar-refractivity contribution is 5.89. The van der Waals surface area contributed by atoms with Crippen molar-refractivity contribution in [2.24, 2.45) is 0 Å². The lowest BCUT2D eigenvalue weighted by atomic mass is 10.1. The van der Waals surface area contributed by atoms with E-state index in [1.807, 2.05) is 18.2 Å². The molecule has 1 saturated heterocycles. The number of hydrogen-bond donors (Lipinski definition) is 3. The normalized spacial score (nSPS) is 19.6. The van der Waals surface area contributed by atoms with Crippen molar-refractivity contribution in [1.29, 1.82) is 0 Å². The molecule has 1 heterocycles. The Labute approximate surface area is 126 Å². The van der Waals surface area contributed by atoms with Gasteiger partial charge in [0.2, 0.25) is 0 Å². The molecule has 1 aliphatic heterocycles. The van der Waals surface area contributed by atoms with Gasteiger partial charge < -0.3 is 20.6 Å². The molecule has 2 amide bonds. The van der Waals surface area contributed by atoms with Gasteiger partial charge in [0.25, 0.3) is 0 Å². The number of carbonyl (C=O) groups is 1. The van der Waals surface area contributed by atoms with Gasteiger partial charge in [-0.05, 0) is 44.0 Å². The van der Waals surface area contributed by atoms with Crippen LogP contribution in [0, 0.1) is 0 Å². The molecule has 0 spiro atoms. The number of anilines is 1. The van der Waals surface area contributed by atoms with Crippen LogP contribution in [0.25, 0.3) is 0 Å². The Morgan fingerprint density at radius 1 is 1.52 bits per heavy atom. The number of likely N-dealkylation sites (tertiary alicyclic amines) is 1. The van der Waals surface area contributed by atoms with E-state index in [9.17, 15) is 9.90 Å². The van der Waals surface area contributed by atoms with Gasteiger partial charge in [0.1, 0.15) is 0 Å². The van der Waals surface area contributed by atoms with Crippen LogP contribution in [0.2, 0.25) is 0 Å². The molecule has 1 aromatic rings. The maximum atomic E-state index is 12.3. The number of aliphatic hydroxyl groups excluding tert-OH is 1. The quantitative estimate of drug-likeness (QED) is 0.780. The van der Waals surface area contributed by atoms with Gasteiger partial charge in [0.05, 0.1) is 12.6 Å². The maximum absolute atomic E-state index is 12.3. The molecule has 0 aliphatic carbocycles. The molecule has 2 rings (SSSR count). The minimum Gasteiger partial charge on any atom is -0.394 e. The fourth-order valence-electron chi connectivity index (χ4n) is 2.80. The SMILES string of the molecule is CCNC(C)c1cccc(NC(=O)N2CCCC2CO)c1. The van der Waals surface area contributed by atoms with Gasteiger partial charge in [-0.3, -0.25) is 0 Å². The first-order chi connectivity index (χ1) is 10.2. The fourth-order valence-corrected chi connectivity index (χ4v) is 2.80. The van der Waals surface area contributed by atoms with Gasteiger partial charge in [0.15, 0.2) is 0 Å². The molecule has 0 radical (unpaired) electrons. The van der Waals surface area contributed by atoms with Crippen molar-refractivity contribution in [3.63, 3.8) is 0 Å². The van der Waals surface area contributed by atoms with Crippen LogP contribution in [0.1, 0.15) is 38.3 Å². The summed E-state index contributed by atoms with van der Waals surface area (Å²) in [5.41, 5.74) is 1.95. The zero-order valence-corrected chi connectivity index (χ0v) is 12.8. The van der Waals surface area contributed by atoms with Gasteiger partial charge in [-0.2, -0.15) is 0 Å². The van der Waals surface area contributed by atoms with Crippen LogP contribution >= 0.6 is 0 Å². The van der Waals surface area contributed by atoms with Crippen molar-refractivity contribution in [2.75, 3.05) is 25.0 Å². The lowest BCUT2D eigenvalue weighted by molar-refractivity contribution is 0.166. The van der Waals surface area contributed by atoms with E-state index < -0.39 is 0 Å². The third-order valence-corrected chi connectivity index (χ3v) is 4.00. The van der Waals surface area contributed by atoms with Crippen molar-refractivity contribution in [3.05, 3.63) is 29.8 Å². The van der Waals surface area contributed by atoms with E-state index in [4.69, 9.17) is 0 Å². The number of nitrogens with one attached hydrogen (secondary N) is 2. The third kappa shape index (κ3) is 3.95. The number of urea groups is 1. The van der Waals surface area contributed by atoms with E-state index in [0.29, 0.717) is 6.54 Å². The molecule has 21 heavy (non-hydrogen) atoms. The zero-order chi connectivity index (χ0) is 15.2. The highest BCUT2D eigenvalue weighted by Gasteiger charge is 2.28. The second kappa shape index (κ2) is 7.43. The van der Waals surface area contributed by atoms with Gasteiger partial charge in [0, 0.05) is 18.3 Å². The monoisotopic (exact) mass is 291 g/mol. The molecule has 3 N–H and O–H groups in total. The van der Waals surface area contributed by atoms with Gasteiger partial charge in [-0.25, -0.2) is 4.79 Å². The van der Waals surface area contributed by atoms with E-state index in [-0.39, 0.29) is 24.7 Å². The summed E-state index contributed by atoms with van der Waals surface area (Å²) in [6.07, 6.45) is 1.83. The molecule has 0 saturated carbocycles. The molecule has 2 unspecified atom stereocenters. The third-order valence-electron chi connectivity index (χ3n) is 4.00. The van der Waals surface area contributed by atoms with Crippen LogP contribution in [0.15, 0.2) is 24.3 Å². The Balaban J connectivity index is 2.02. The molecule has 5 nitrogen and oxygen atoms in total. The van der Waals surface area contributed by atoms with E-state index in [2.05, 4.69) is 30.5 Å². The van der Waals surface area contributed by atoms with Crippen molar-refractivity contribution >= 4 is 11.7 Å². The molecule has 1 aliphatic rings. The van der Waals surface area contributed by atoms with Crippen LogP contribution in [-0.2, 0) is 0 Å². The van der Waals surface area contributed by atoms with Crippen LogP contribution in [0.3, 0.4) is 0 Å². The van der Waals surface area contributed by atoms with E-state index >= 15 is 0 Å². The van der Waals surface area contributed by atoms with Crippen molar-refractivity contribution in [3.8, 4) is 0 Å². The van der Waals surface area contributed by atoms with Crippen LogP contribution in [0.4, 0.5) is 10.5 Å². The highest BCUT2D eigenvalue weighted by atomic mass is 16.3. The molecule has 2 atom stereocenters. The predicted octanol–water partition coefficient (Wildman–Crippen LogP) is 2.35. The first-order valence-corrected chi connectivity index (χ1v) is 7.67.